The van der Waals surface area contributed by atoms with Crippen LogP contribution in [-0.4, -0.2) is 31.6 Å². The molecule has 2 rings (SSSR count). The molecule has 1 N–H and O–H groups in total. The molecule has 1 fully saturated rings. The molecule has 7 heteroatoms. The zero-order chi connectivity index (χ0) is 21.8. The highest BCUT2D eigenvalue weighted by Crippen LogP contribution is 2.51. The first-order chi connectivity index (χ1) is 13.6. The number of rotatable bonds is 11. The maximum atomic E-state index is 13.7. The van der Waals surface area contributed by atoms with Crippen LogP contribution in [0, 0.1) is 5.92 Å². The fourth-order valence-electron chi connectivity index (χ4n) is 3.43. The Kier molecular flexibility index (Phi) is 8.33. The van der Waals surface area contributed by atoms with Crippen molar-refractivity contribution in [1.29, 1.82) is 0 Å². The van der Waals surface area contributed by atoms with Gasteiger partial charge >= 0.3 is 13.5 Å². The van der Waals surface area contributed by atoms with E-state index in [4.69, 9.17) is 14.0 Å². The van der Waals surface area contributed by atoms with Crippen molar-refractivity contribution in [2.45, 2.75) is 78.4 Å². The summed E-state index contributed by atoms with van der Waals surface area (Å²) < 4.78 is 30.3. The van der Waals surface area contributed by atoms with Gasteiger partial charge in [-0.1, -0.05) is 39.0 Å². The second kappa shape index (κ2) is 10.1. The Labute approximate surface area is 175 Å². The van der Waals surface area contributed by atoms with Gasteiger partial charge in [0.2, 0.25) is 0 Å². The standard InChI is InChI=1S/C22H36NO5P/c1-14(2)19-9-8-10-20(16(5)18-11-12-18)21(19)28-29(25,13-26-7)23-17(6)22(24)27-15(3)4/h8-10,14-18H,11-13H2,1-7H3,(H,23,25)/t16-,17+,29?/m1/s1. The molecule has 1 aromatic carbocycles. The predicted molar refractivity (Wildman–Crippen MR) is 116 cm³/mol. The summed E-state index contributed by atoms with van der Waals surface area (Å²) in [7, 11) is -2.04. The minimum absolute atomic E-state index is 0.143. The maximum Gasteiger partial charge on any atom is 0.342 e. The van der Waals surface area contributed by atoms with Gasteiger partial charge in [-0.25, -0.2) is 5.09 Å². The molecule has 0 radical (unpaired) electrons. The van der Waals surface area contributed by atoms with Crippen LogP contribution in [0.25, 0.3) is 0 Å². The van der Waals surface area contributed by atoms with Gasteiger partial charge in [-0.05, 0) is 62.5 Å². The number of esters is 1. The third kappa shape index (κ3) is 6.56. The van der Waals surface area contributed by atoms with Crippen LogP contribution in [-0.2, 0) is 18.8 Å². The summed E-state index contributed by atoms with van der Waals surface area (Å²) in [5, 5.41) is 2.86. The van der Waals surface area contributed by atoms with Gasteiger partial charge < -0.3 is 14.0 Å². The third-order valence-electron chi connectivity index (χ3n) is 5.15. The molecule has 0 amide bonds. The highest BCUT2D eigenvalue weighted by Gasteiger charge is 2.35. The highest BCUT2D eigenvalue weighted by atomic mass is 31.2. The van der Waals surface area contributed by atoms with Crippen LogP contribution in [0.1, 0.15) is 77.3 Å². The van der Waals surface area contributed by atoms with Crippen LogP contribution in [0.2, 0.25) is 0 Å². The number of carbonyl (C=O) groups is 1. The number of nitrogens with one attached hydrogen (secondary N) is 1. The molecule has 0 bridgehead atoms. The van der Waals surface area contributed by atoms with E-state index in [-0.39, 0.29) is 18.4 Å². The lowest BCUT2D eigenvalue weighted by Crippen LogP contribution is -2.36. The minimum Gasteiger partial charge on any atom is -0.462 e. The summed E-state index contributed by atoms with van der Waals surface area (Å²) in [5.74, 6) is 1.34. The lowest BCUT2D eigenvalue weighted by molar-refractivity contribution is -0.149. The topological polar surface area (TPSA) is 73.9 Å². The van der Waals surface area contributed by atoms with Gasteiger partial charge in [0.05, 0.1) is 6.10 Å². The molecule has 164 valence electrons. The van der Waals surface area contributed by atoms with Crippen molar-refractivity contribution in [2.75, 3.05) is 13.5 Å². The predicted octanol–water partition coefficient (Wildman–Crippen LogP) is 5.43. The second-order valence-corrected chi connectivity index (χ2v) is 10.6. The second-order valence-electron chi connectivity index (χ2n) is 8.57. The van der Waals surface area contributed by atoms with Crippen LogP contribution in [0.15, 0.2) is 18.2 Å². The Morgan fingerprint density at radius 3 is 2.28 bits per heavy atom. The van der Waals surface area contributed by atoms with Crippen LogP contribution in [0.4, 0.5) is 0 Å². The number of methoxy groups -OCH3 is 1. The molecule has 0 saturated heterocycles. The Morgan fingerprint density at radius 2 is 1.76 bits per heavy atom. The van der Waals surface area contributed by atoms with E-state index in [1.807, 2.05) is 12.1 Å². The monoisotopic (exact) mass is 425 g/mol. The molecule has 1 aromatic rings. The van der Waals surface area contributed by atoms with Gasteiger partial charge in [-0.2, -0.15) is 0 Å². The Morgan fingerprint density at radius 1 is 1.14 bits per heavy atom. The largest absolute Gasteiger partial charge is 0.462 e. The SMILES string of the molecule is COCP(=O)(N[C@@H](C)C(=O)OC(C)C)Oc1c(C(C)C)cccc1[C@H](C)C1CC1. The quantitative estimate of drug-likeness (QED) is 0.376. The molecule has 1 aliphatic rings. The number of benzene rings is 1. The summed E-state index contributed by atoms with van der Waals surface area (Å²) in [6.07, 6.45) is 2.02. The van der Waals surface area contributed by atoms with Gasteiger partial charge in [0.1, 0.15) is 18.1 Å². The van der Waals surface area contributed by atoms with Crippen molar-refractivity contribution in [3.05, 3.63) is 29.3 Å². The van der Waals surface area contributed by atoms with Crippen LogP contribution in [0.5, 0.6) is 5.75 Å². The fourth-order valence-corrected chi connectivity index (χ4v) is 5.15. The Hall–Kier alpha value is -1.36. The number of hydrogen-bond donors (Lipinski definition) is 1. The van der Waals surface area contributed by atoms with Crippen LogP contribution in [0.3, 0.4) is 0 Å². The summed E-state index contributed by atoms with van der Waals surface area (Å²) >= 11 is 0. The van der Waals surface area contributed by atoms with E-state index in [0.29, 0.717) is 17.6 Å². The van der Waals surface area contributed by atoms with Gasteiger partial charge in [-0.3, -0.25) is 9.36 Å². The highest BCUT2D eigenvalue weighted by molar-refractivity contribution is 7.57. The number of para-hydroxylation sites is 1. The molecule has 0 aromatic heterocycles. The lowest BCUT2D eigenvalue weighted by atomic mass is 9.90. The molecule has 0 spiro atoms. The van der Waals surface area contributed by atoms with Crippen molar-refractivity contribution < 1.29 is 23.4 Å². The zero-order valence-corrected chi connectivity index (χ0v) is 19.6. The molecule has 0 aliphatic heterocycles. The van der Waals surface area contributed by atoms with E-state index in [1.165, 1.54) is 20.0 Å². The van der Waals surface area contributed by atoms with E-state index in [0.717, 1.165) is 11.1 Å². The van der Waals surface area contributed by atoms with Crippen LogP contribution < -0.4 is 9.61 Å². The van der Waals surface area contributed by atoms with Gasteiger partial charge in [0, 0.05) is 7.11 Å². The number of carbonyl (C=O) groups excluding carboxylic acids is 1. The molecule has 3 atom stereocenters. The molecule has 29 heavy (non-hydrogen) atoms. The minimum atomic E-state index is -3.51. The summed E-state index contributed by atoms with van der Waals surface area (Å²) in [5.41, 5.74) is 2.07. The van der Waals surface area contributed by atoms with Crippen molar-refractivity contribution in [1.82, 2.24) is 5.09 Å². The molecule has 1 saturated carbocycles. The van der Waals surface area contributed by atoms with Crippen molar-refractivity contribution >= 4 is 13.5 Å². The Bertz CT molecular complexity index is 745. The molecule has 0 heterocycles. The average Bonchev–Trinajstić information content (AvgIpc) is 3.45. The molecular formula is C22H36NO5P. The maximum absolute atomic E-state index is 13.7. The number of hydrogen-bond acceptors (Lipinski definition) is 5. The van der Waals surface area contributed by atoms with E-state index < -0.39 is 19.5 Å². The van der Waals surface area contributed by atoms with E-state index in [2.05, 4.69) is 31.9 Å². The lowest BCUT2D eigenvalue weighted by Gasteiger charge is -2.28. The number of ether oxygens (including phenoxy) is 2. The summed E-state index contributed by atoms with van der Waals surface area (Å²) in [4.78, 5) is 12.2. The van der Waals surface area contributed by atoms with Crippen molar-refractivity contribution in [3.63, 3.8) is 0 Å². The summed E-state index contributed by atoms with van der Waals surface area (Å²) in [6, 6.07) is 5.32. The molecular weight excluding hydrogens is 389 g/mol. The first kappa shape index (κ1) is 23.9. The van der Waals surface area contributed by atoms with Gasteiger partial charge in [0.25, 0.3) is 0 Å². The first-order valence-electron chi connectivity index (χ1n) is 10.5. The molecule has 6 nitrogen and oxygen atoms in total. The third-order valence-corrected chi connectivity index (χ3v) is 7.01. The normalized spacial score (nSPS) is 18.4. The zero-order valence-electron chi connectivity index (χ0n) is 18.7. The van der Waals surface area contributed by atoms with E-state index in [9.17, 15) is 9.36 Å². The average molecular weight is 426 g/mol. The Balaban J connectivity index is 2.35. The first-order valence-corrected chi connectivity index (χ1v) is 12.3. The fraction of sp³-hybridized carbons (Fsp3) is 0.682. The van der Waals surface area contributed by atoms with Gasteiger partial charge in [0.15, 0.2) is 0 Å². The van der Waals surface area contributed by atoms with Gasteiger partial charge in [-0.15, -0.1) is 0 Å². The molecule has 1 aliphatic carbocycles. The van der Waals surface area contributed by atoms with Crippen molar-refractivity contribution in [3.8, 4) is 5.75 Å². The van der Waals surface area contributed by atoms with Crippen LogP contribution >= 0.6 is 7.52 Å². The smallest absolute Gasteiger partial charge is 0.342 e. The summed E-state index contributed by atoms with van der Waals surface area (Å²) in [6.45, 7) is 11.6. The van der Waals surface area contributed by atoms with E-state index >= 15 is 0 Å². The van der Waals surface area contributed by atoms with Crippen molar-refractivity contribution in [2.24, 2.45) is 5.92 Å². The molecule has 1 unspecified atom stereocenters. The van der Waals surface area contributed by atoms with E-state index in [1.54, 1.807) is 20.8 Å².